The molecule has 0 aliphatic carbocycles. The van der Waals surface area contributed by atoms with Crippen LogP contribution in [0.25, 0.3) is 10.9 Å². The summed E-state index contributed by atoms with van der Waals surface area (Å²) in [4.78, 5) is 5.83. The highest BCUT2D eigenvalue weighted by molar-refractivity contribution is 5.82. The molecular weight excluding hydrogens is 288 g/mol. The summed E-state index contributed by atoms with van der Waals surface area (Å²) in [7, 11) is 0. The second-order valence-electron chi connectivity index (χ2n) is 6.36. The van der Waals surface area contributed by atoms with Crippen LogP contribution in [0.4, 0.5) is 0 Å². The first-order valence-electron chi connectivity index (χ1n) is 8.43. The molecule has 3 heterocycles. The van der Waals surface area contributed by atoms with Crippen LogP contribution in [0.1, 0.15) is 43.0 Å². The highest BCUT2D eigenvalue weighted by atomic mass is 16.4. The monoisotopic (exact) mass is 310 g/mol. The number of aryl methyl sites for hydroxylation is 1. The van der Waals surface area contributed by atoms with Gasteiger partial charge in [0.2, 0.25) is 11.8 Å². The lowest BCUT2D eigenvalue weighted by molar-refractivity contribution is 0.319. The molecular formula is C18H22N4O. The van der Waals surface area contributed by atoms with Gasteiger partial charge in [-0.3, -0.25) is 4.90 Å². The van der Waals surface area contributed by atoms with Crippen molar-refractivity contribution in [2.24, 2.45) is 0 Å². The van der Waals surface area contributed by atoms with Gasteiger partial charge in [0.1, 0.15) is 0 Å². The minimum Gasteiger partial charge on any atom is -0.425 e. The van der Waals surface area contributed by atoms with Crippen LogP contribution in [0, 0.1) is 0 Å². The maximum Gasteiger partial charge on any atom is 0.220 e. The average Bonchev–Trinajstić information content (AvgIpc) is 3.28. The fraction of sp³-hybridized carbons (Fsp3) is 0.444. The molecule has 1 aliphatic heterocycles. The second-order valence-corrected chi connectivity index (χ2v) is 6.36. The molecule has 0 bridgehead atoms. The van der Waals surface area contributed by atoms with Crippen LogP contribution in [-0.4, -0.2) is 33.2 Å². The number of hydrogen-bond acceptors (Lipinski definition) is 4. The first-order valence-corrected chi connectivity index (χ1v) is 8.43. The van der Waals surface area contributed by atoms with E-state index in [9.17, 15) is 0 Å². The molecule has 3 aromatic rings. The number of aromatic amines is 1. The Bertz CT molecular complexity index is 791. The molecule has 1 fully saturated rings. The van der Waals surface area contributed by atoms with E-state index in [1.165, 1.54) is 16.5 Å². The van der Waals surface area contributed by atoms with E-state index in [1.807, 2.05) is 0 Å². The van der Waals surface area contributed by atoms with Crippen LogP contribution in [0.2, 0.25) is 0 Å². The molecule has 0 unspecified atom stereocenters. The smallest absolute Gasteiger partial charge is 0.220 e. The number of likely N-dealkylation sites (tertiary alicyclic amines) is 1. The highest BCUT2D eigenvalue weighted by Gasteiger charge is 2.28. The molecule has 2 aromatic heterocycles. The van der Waals surface area contributed by atoms with Crippen LogP contribution < -0.4 is 0 Å². The first kappa shape index (κ1) is 14.5. The minimum atomic E-state index is 0.373. The molecule has 120 valence electrons. The second kappa shape index (κ2) is 6.16. The standard InChI is InChI=1S/C18H22N4O/c1-2-5-17-20-21-18(23-17)13-8-9-22(11-13)12-14-10-19-16-7-4-3-6-15(14)16/h3-4,6-7,10,13,19H,2,5,8-9,11-12H2,1H3/t13-/m0/s1. The van der Waals surface area contributed by atoms with Crippen LogP contribution in [0.3, 0.4) is 0 Å². The summed E-state index contributed by atoms with van der Waals surface area (Å²) in [5.41, 5.74) is 2.57. The largest absolute Gasteiger partial charge is 0.425 e. The lowest BCUT2D eigenvalue weighted by Crippen LogP contribution is -2.19. The summed E-state index contributed by atoms with van der Waals surface area (Å²) < 4.78 is 5.81. The Labute approximate surface area is 135 Å². The topological polar surface area (TPSA) is 58.0 Å². The van der Waals surface area contributed by atoms with Crippen LogP contribution >= 0.6 is 0 Å². The van der Waals surface area contributed by atoms with E-state index >= 15 is 0 Å². The van der Waals surface area contributed by atoms with E-state index in [0.29, 0.717) is 5.92 Å². The summed E-state index contributed by atoms with van der Waals surface area (Å²) in [6, 6.07) is 8.47. The molecule has 4 rings (SSSR count). The van der Waals surface area contributed by atoms with Gasteiger partial charge in [0, 0.05) is 36.6 Å². The molecule has 5 heteroatoms. The van der Waals surface area contributed by atoms with E-state index in [-0.39, 0.29) is 0 Å². The van der Waals surface area contributed by atoms with Crippen molar-refractivity contribution in [3.8, 4) is 0 Å². The van der Waals surface area contributed by atoms with Gasteiger partial charge in [-0.25, -0.2) is 0 Å². The third-order valence-corrected chi connectivity index (χ3v) is 4.64. The van der Waals surface area contributed by atoms with Gasteiger partial charge >= 0.3 is 0 Å². The number of nitrogens with one attached hydrogen (secondary N) is 1. The lowest BCUT2D eigenvalue weighted by atomic mass is 10.1. The SMILES string of the molecule is CCCc1nnc([C@H]2CCN(Cc3c[nH]c4ccccc34)C2)o1. The summed E-state index contributed by atoms with van der Waals surface area (Å²) >= 11 is 0. The van der Waals surface area contributed by atoms with Gasteiger partial charge in [-0.15, -0.1) is 10.2 Å². The molecule has 0 amide bonds. The van der Waals surface area contributed by atoms with Crippen molar-refractivity contribution in [2.45, 2.75) is 38.6 Å². The molecule has 0 saturated carbocycles. The summed E-state index contributed by atoms with van der Waals surface area (Å²) in [6.07, 6.45) is 5.14. The number of H-pyrrole nitrogens is 1. The molecule has 1 saturated heterocycles. The summed E-state index contributed by atoms with van der Waals surface area (Å²) in [5, 5.41) is 9.72. The van der Waals surface area contributed by atoms with E-state index in [1.54, 1.807) is 0 Å². The zero-order valence-corrected chi connectivity index (χ0v) is 13.5. The number of fused-ring (bicyclic) bond motifs is 1. The first-order chi connectivity index (χ1) is 11.3. The highest BCUT2D eigenvalue weighted by Crippen LogP contribution is 2.29. The molecule has 1 N–H and O–H groups in total. The molecule has 1 aliphatic rings. The van der Waals surface area contributed by atoms with Crippen LogP contribution in [0.5, 0.6) is 0 Å². The van der Waals surface area contributed by atoms with Gasteiger partial charge in [-0.2, -0.15) is 0 Å². The molecule has 0 radical (unpaired) electrons. The molecule has 1 aromatic carbocycles. The minimum absolute atomic E-state index is 0.373. The zero-order chi connectivity index (χ0) is 15.6. The van der Waals surface area contributed by atoms with E-state index in [2.05, 4.69) is 57.5 Å². The van der Waals surface area contributed by atoms with Gasteiger partial charge in [0.25, 0.3) is 0 Å². The van der Waals surface area contributed by atoms with Gasteiger partial charge < -0.3 is 9.40 Å². The average molecular weight is 310 g/mol. The Hall–Kier alpha value is -2.14. The number of nitrogens with zero attached hydrogens (tertiary/aromatic N) is 3. The Morgan fingerprint density at radius 3 is 3.13 bits per heavy atom. The van der Waals surface area contributed by atoms with Crippen molar-refractivity contribution in [3.63, 3.8) is 0 Å². The van der Waals surface area contributed by atoms with Crippen LogP contribution in [-0.2, 0) is 13.0 Å². The van der Waals surface area contributed by atoms with Crippen molar-refractivity contribution < 1.29 is 4.42 Å². The molecule has 1 atom stereocenters. The maximum absolute atomic E-state index is 5.81. The third-order valence-electron chi connectivity index (χ3n) is 4.64. The quantitative estimate of drug-likeness (QED) is 0.783. The van der Waals surface area contributed by atoms with E-state index < -0.39 is 0 Å². The Kier molecular flexibility index (Phi) is 3.87. The van der Waals surface area contributed by atoms with Crippen LogP contribution in [0.15, 0.2) is 34.9 Å². The number of benzene rings is 1. The fourth-order valence-electron chi connectivity index (χ4n) is 3.43. The lowest BCUT2D eigenvalue weighted by Gasteiger charge is -2.14. The van der Waals surface area contributed by atoms with Gasteiger partial charge in [-0.05, 0) is 31.0 Å². The van der Waals surface area contributed by atoms with E-state index in [4.69, 9.17) is 4.42 Å². The van der Waals surface area contributed by atoms with Crippen molar-refractivity contribution in [1.82, 2.24) is 20.1 Å². The van der Waals surface area contributed by atoms with Crippen molar-refractivity contribution in [2.75, 3.05) is 13.1 Å². The van der Waals surface area contributed by atoms with Gasteiger partial charge in [0.05, 0.1) is 5.92 Å². The predicted octanol–water partition coefficient (Wildman–Crippen LogP) is 3.49. The van der Waals surface area contributed by atoms with E-state index in [0.717, 1.165) is 50.7 Å². The number of rotatable bonds is 5. The molecule has 23 heavy (non-hydrogen) atoms. The number of hydrogen-bond donors (Lipinski definition) is 1. The maximum atomic E-state index is 5.81. The normalized spacial score (nSPS) is 18.9. The van der Waals surface area contributed by atoms with Crippen molar-refractivity contribution in [3.05, 3.63) is 47.8 Å². The Morgan fingerprint density at radius 2 is 2.22 bits per heavy atom. The number of aromatic nitrogens is 3. The predicted molar refractivity (Wildman–Crippen MR) is 89.2 cm³/mol. The summed E-state index contributed by atoms with van der Waals surface area (Å²) in [6.45, 7) is 5.17. The third kappa shape index (κ3) is 2.88. The van der Waals surface area contributed by atoms with Gasteiger partial charge in [-0.1, -0.05) is 25.1 Å². The Balaban J connectivity index is 1.43. The number of para-hydroxylation sites is 1. The molecule has 0 spiro atoms. The Morgan fingerprint density at radius 1 is 1.30 bits per heavy atom. The van der Waals surface area contributed by atoms with Crippen molar-refractivity contribution >= 4 is 10.9 Å². The zero-order valence-electron chi connectivity index (χ0n) is 13.5. The summed E-state index contributed by atoms with van der Waals surface area (Å²) in [5.74, 6) is 1.96. The fourth-order valence-corrected chi connectivity index (χ4v) is 3.43. The van der Waals surface area contributed by atoms with Gasteiger partial charge in [0.15, 0.2) is 0 Å². The van der Waals surface area contributed by atoms with Crippen molar-refractivity contribution in [1.29, 1.82) is 0 Å². The molecule has 5 nitrogen and oxygen atoms in total.